The van der Waals surface area contributed by atoms with Crippen LogP contribution in [0.4, 0.5) is 0 Å². The van der Waals surface area contributed by atoms with Crippen LogP contribution < -0.4 is 5.32 Å². The second-order valence-corrected chi connectivity index (χ2v) is 13.0. The van der Waals surface area contributed by atoms with Crippen molar-refractivity contribution in [3.05, 3.63) is 193 Å². The van der Waals surface area contributed by atoms with Crippen LogP contribution in [0, 0.1) is 0 Å². The highest BCUT2D eigenvalue weighted by atomic mass is 16.3. The van der Waals surface area contributed by atoms with E-state index in [1.807, 2.05) is 36.4 Å². The molecule has 0 spiro atoms. The summed E-state index contributed by atoms with van der Waals surface area (Å²) in [5, 5.41) is 10.6. The number of hydrogen-bond donors (Lipinski definition) is 1. The first-order valence-electron chi connectivity index (χ1n) is 17.3. The molecule has 0 fully saturated rings. The topological polar surface area (TPSA) is 49.9 Å². The Bertz CT molecular complexity index is 2820. The molecule has 8 aromatic carbocycles. The molecule has 10 rings (SSSR count). The quantitative estimate of drug-likeness (QED) is 0.188. The Labute approximate surface area is 295 Å². The van der Waals surface area contributed by atoms with Gasteiger partial charge >= 0.3 is 0 Å². The number of para-hydroxylation sites is 1. The fourth-order valence-corrected chi connectivity index (χ4v) is 7.41. The third-order valence-electron chi connectivity index (χ3n) is 9.94. The summed E-state index contributed by atoms with van der Waals surface area (Å²) in [6.07, 6.45) is -0.324. The van der Waals surface area contributed by atoms with Crippen molar-refractivity contribution in [1.82, 2.24) is 5.32 Å². The van der Waals surface area contributed by atoms with E-state index in [4.69, 9.17) is 14.4 Å². The second kappa shape index (κ2) is 12.0. The van der Waals surface area contributed by atoms with Gasteiger partial charge in [0.1, 0.15) is 23.2 Å². The molecule has 1 unspecified atom stereocenters. The van der Waals surface area contributed by atoms with Crippen molar-refractivity contribution in [2.75, 3.05) is 0 Å². The van der Waals surface area contributed by atoms with Gasteiger partial charge in [-0.2, -0.15) is 0 Å². The molecule has 0 aliphatic carbocycles. The number of nitrogens with zero attached hydrogens (tertiary/aromatic N) is 2. The highest BCUT2D eigenvalue weighted by Crippen LogP contribution is 2.39. The van der Waals surface area contributed by atoms with Gasteiger partial charge in [-0.1, -0.05) is 164 Å². The fourth-order valence-electron chi connectivity index (χ4n) is 7.41. The molecule has 0 saturated carbocycles. The van der Waals surface area contributed by atoms with E-state index in [-0.39, 0.29) is 6.17 Å². The zero-order chi connectivity index (χ0) is 33.7. The Kier molecular flexibility index (Phi) is 6.85. The van der Waals surface area contributed by atoms with Crippen molar-refractivity contribution in [3.63, 3.8) is 0 Å². The van der Waals surface area contributed by atoms with Gasteiger partial charge in [0.05, 0.1) is 0 Å². The zero-order valence-corrected chi connectivity index (χ0v) is 27.6. The van der Waals surface area contributed by atoms with Crippen LogP contribution in [-0.2, 0) is 0 Å². The summed E-state index contributed by atoms with van der Waals surface area (Å²) < 4.78 is 6.71. The standard InChI is InChI=1S/C47H31N3O/c1-3-11-30(12-4-1)31-21-24-34(25-22-31)46-48-45(33-14-5-2-6-15-33)49-47(50-46)41-19-10-20-42-43(41)40-18-9-17-39(44(40)51-42)36-27-28-38-35(29-36)26-23-32-13-7-8-16-37(32)38/h1-29,46H,(H,48,49,50). The molecule has 1 aliphatic heterocycles. The number of nitrogens with one attached hydrogen (secondary N) is 1. The average molecular weight is 654 g/mol. The van der Waals surface area contributed by atoms with Crippen LogP contribution in [0.1, 0.15) is 22.9 Å². The Hall–Kier alpha value is -6.78. The molecule has 2 heterocycles. The molecule has 1 atom stereocenters. The molecule has 0 amide bonds. The van der Waals surface area contributed by atoms with Crippen molar-refractivity contribution in [2.45, 2.75) is 6.17 Å². The molecule has 240 valence electrons. The minimum atomic E-state index is -0.324. The van der Waals surface area contributed by atoms with Gasteiger partial charge in [0.15, 0.2) is 5.84 Å². The molecule has 0 radical (unpaired) electrons. The van der Waals surface area contributed by atoms with Gasteiger partial charge in [-0.3, -0.25) is 0 Å². The molecule has 4 heteroatoms. The zero-order valence-electron chi connectivity index (χ0n) is 27.6. The average Bonchev–Trinajstić information content (AvgIpc) is 3.60. The predicted molar refractivity (Wildman–Crippen MR) is 211 cm³/mol. The molecule has 0 bridgehead atoms. The molecule has 1 aliphatic rings. The van der Waals surface area contributed by atoms with Gasteiger partial charge < -0.3 is 9.73 Å². The summed E-state index contributed by atoms with van der Waals surface area (Å²) in [6.45, 7) is 0. The van der Waals surface area contributed by atoms with Crippen LogP contribution in [0.15, 0.2) is 190 Å². The number of rotatable bonds is 5. The largest absolute Gasteiger partial charge is 0.455 e. The van der Waals surface area contributed by atoms with Crippen LogP contribution in [-0.4, -0.2) is 11.7 Å². The third kappa shape index (κ3) is 5.08. The van der Waals surface area contributed by atoms with Gasteiger partial charge in [-0.05, 0) is 55.9 Å². The van der Waals surface area contributed by atoms with Crippen LogP contribution in [0.5, 0.6) is 0 Å². The van der Waals surface area contributed by atoms with Crippen LogP contribution in [0.25, 0.3) is 65.7 Å². The van der Waals surface area contributed by atoms with Crippen molar-refractivity contribution < 1.29 is 4.42 Å². The lowest BCUT2D eigenvalue weighted by molar-refractivity contribution is 0.669. The molecule has 1 N–H and O–H groups in total. The maximum absolute atomic E-state index is 6.71. The van der Waals surface area contributed by atoms with Gasteiger partial charge in [0, 0.05) is 27.5 Å². The Morgan fingerprint density at radius 2 is 1.12 bits per heavy atom. The van der Waals surface area contributed by atoms with Crippen molar-refractivity contribution in [2.24, 2.45) is 9.98 Å². The summed E-state index contributed by atoms with van der Waals surface area (Å²) in [4.78, 5) is 10.4. The molecule has 4 nitrogen and oxygen atoms in total. The first kappa shape index (κ1) is 29.2. The lowest BCUT2D eigenvalue weighted by Gasteiger charge is -2.24. The van der Waals surface area contributed by atoms with E-state index >= 15 is 0 Å². The number of hydrogen-bond acceptors (Lipinski definition) is 4. The van der Waals surface area contributed by atoms with Crippen LogP contribution in [0.3, 0.4) is 0 Å². The lowest BCUT2D eigenvalue weighted by Crippen LogP contribution is -2.33. The van der Waals surface area contributed by atoms with Crippen molar-refractivity contribution in [1.29, 1.82) is 0 Å². The molecular weight excluding hydrogens is 623 g/mol. The summed E-state index contributed by atoms with van der Waals surface area (Å²) in [7, 11) is 0. The Balaban J connectivity index is 1.11. The lowest BCUT2D eigenvalue weighted by atomic mass is 9.96. The first-order valence-corrected chi connectivity index (χ1v) is 17.3. The highest BCUT2D eigenvalue weighted by molar-refractivity contribution is 6.23. The van der Waals surface area contributed by atoms with E-state index in [0.717, 1.165) is 55.6 Å². The monoisotopic (exact) mass is 653 g/mol. The van der Waals surface area contributed by atoms with Crippen molar-refractivity contribution in [3.8, 4) is 22.3 Å². The van der Waals surface area contributed by atoms with E-state index in [9.17, 15) is 0 Å². The van der Waals surface area contributed by atoms with E-state index < -0.39 is 0 Å². The first-order chi connectivity index (χ1) is 25.3. The van der Waals surface area contributed by atoms with E-state index in [1.54, 1.807) is 0 Å². The van der Waals surface area contributed by atoms with Gasteiger partial charge in [-0.25, -0.2) is 9.98 Å². The summed E-state index contributed by atoms with van der Waals surface area (Å²) in [5.41, 5.74) is 9.20. The maximum atomic E-state index is 6.71. The third-order valence-corrected chi connectivity index (χ3v) is 9.94. The van der Waals surface area contributed by atoms with Gasteiger partial charge in [0.25, 0.3) is 0 Å². The molecular formula is C47H31N3O. The summed E-state index contributed by atoms with van der Waals surface area (Å²) in [6, 6.07) is 61.6. The van der Waals surface area contributed by atoms with E-state index in [0.29, 0.717) is 5.84 Å². The van der Waals surface area contributed by atoms with E-state index in [2.05, 4.69) is 145 Å². The fraction of sp³-hybridized carbons (Fsp3) is 0.0213. The molecule has 0 saturated heterocycles. The maximum Gasteiger partial charge on any atom is 0.160 e. The number of amidine groups is 2. The minimum Gasteiger partial charge on any atom is -0.455 e. The highest BCUT2D eigenvalue weighted by Gasteiger charge is 2.24. The number of aliphatic imine (C=N–C) groups is 2. The van der Waals surface area contributed by atoms with Crippen molar-refractivity contribution >= 4 is 55.2 Å². The SMILES string of the molecule is c1ccc(C2=NC(c3cccc4oc5c(-c6ccc7c(ccc8ccccc87)c6)cccc5c34)=NC(c3ccc(-c4ccccc4)cc3)N2)cc1. The predicted octanol–water partition coefficient (Wildman–Crippen LogP) is 11.7. The van der Waals surface area contributed by atoms with Crippen LogP contribution >= 0.6 is 0 Å². The van der Waals surface area contributed by atoms with Gasteiger partial charge in [0.2, 0.25) is 0 Å². The van der Waals surface area contributed by atoms with Crippen LogP contribution in [0.2, 0.25) is 0 Å². The number of benzene rings is 8. The minimum absolute atomic E-state index is 0.324. The normalized spacial score (nSPS) is 14.5. The summed E-state index contributed by atoms with van der Waals surface area (Å²) in [5.74, 6) is 1.45. The Morgan fingerprint density at radius 1 is 0.471 bits per heavy atom. The number of fused-ring (bicyclic) bond motifs is 6. The molecule has 1 aromatic heterocycles. The Morgan fingerprint density at radius 3 is 1.96 bits per heavy atom. The smallest absolute Gasteiger partial charge is 0.160 e. The number of furan rings is 1. The molecule has 9 aromatic rings. The molecule has 51 heavy (non-hydrogen) atoms. The van der Waals surface area contributed by atoms with E-state index in [1.165, 1.54) is 32.7 Å². The summed E-state index contributed by atoms with van der Waals surface area (Å²) >= 11 is 0. The second-order valence-electron chi connectivity index (χ2n) is 13.0. The van der Waals surface area contributed by atoms with Gasteiger partial charge in [-0.15, -0.1) is 0 Å².